The van der Waals surface area contributed by atoms with Crippen molar-refractivity contribution >= 4 is 0 Å². The zero-order chi connectivity index (χ0) is 21.4. The Morgan fingerprint density at radius 3 is 2.41 bits per heavy atom. The van der Waals surface area contributed by atoms with Crippen molar-refractivity contribution in [2.45, 2.75) is 43.5 Å². The molecule has 12 heteroatoms. The van der Waals surface area contributed by atoms with Crippen LogP contribution in [0.15, 0.2) is 48.1 Å². The molecule has 1 aromatic carbocycles. The monoisotopic (exact) mass is 428 g/mol. The van der Waals surface area contributed by atoms with E-state index in [2.05, 4.69) is 19.5 Å². The van der Waals surface area contributed by atoms with Crippen LogP contribution in [-0.4, -0.2) is 37.0 Å². The van der Waals surface area contributed by atoms with Crippen LogP contribution >= 0.6 is 0 Å². The number of ether oxygens (including phenoxy) is 3. The van der Waals surface area contributed by atoms with Gasteiger partial charge in [0.25, 0.3) is 0 Å². The summed E-state index contributed by atoms with van der Waals surface area (Å²) >= 11 is 0. The average Bonchev–Trinajstić information content (AvgIpc) is 2.58. The first kappa shape index (κ1) is 21.6. The number of rotatable bonds is 5. The summed E-state index contributed by atoms with van der Waals surface area (Å²) < 4.78 is 102. The number of alkyl halides is 7. The van der Waals surface area contributed by atoms with Crippen LogP contribution in [0.3, 0.4) is 0 Å². The van der Waals surface area contributed by atoms with Crippen molar-refractivity contribution in [2.75, 3.05) is 0 Å². The maximum absolute atomic E-state index is 13.3. The molecule has 3 unspecified atom stereocenters. The Hall–Kier alpha value is -2.15. The first-order valence-corrected chi connectivity index (χ1v) is 8.21. The quantitative estimate of drug-likeness (QED) is 0.556. The predicted molar refractivity (Wildman–Crippen MR) is 84.8 cm³/mol. The third-order valence-corrected chi connectivity index (χ3v) is 4.08. The van der Waals surface area contributed by atoms with Gasteiger partial charge in [-0.1, -0.05) is 24.3 Å². The summed E-state index contributed by atoms with van der Waals surface area (Å²) in [7, 11) is 0. The van der Waals surface area contributed by atoms with E-state index in [1.165, 1.54) is 18.2 Å². The summed E-state index contributed by atoms with van der Waals surface area (Å²) in [6.07, 6.45) is -14.7. The number of hydrogen-bond acceptors (Lipinski definition) is 5. The van der Waals surface area contributed by atoms with Gasteiger partial charge >= 0.3 is 18.6 Å². The fraction of sp³-hybridized carbons (Fsp3) is 0.412. The second kappa shape index (κ2) is 7.59. The van der Waals surface area contributed by atoms with Crippen LogP contribution in [0.5, 0.6) is 5.75 Å². The topological polar surface area (TPSA) is 65.7 Å². The molecule has 3 rings (SSSR count). The minimum absolute atomic E-state index is 0.0150. The van der Waals surface area contributed by atoms with Crippen molar-refractivity contribution in [3.05, 3.63) is 53.6 Å². The van der Waals surface area contributed by atoms with E-state index in [4.69, 9.17) is 5.73 Å². The van der Waals surface area contributed by atoms with E-state index in [1.54, 1.807) is 0 Å². The molecule has 1 saturated heterocycles. The third kappa shape index (κ3) is 5.07. The zero-order valence-electron chi connectivity index (χ0n) is 14.4. The van der Waals surface area contributed by atoms with Crippen molar-refractivity contribution in [3.8, 4) is 5.75 Å². The van der Waals surface area contributed by atoms with Gasteiger partial charge in [0.15, 0.2) is 0 Å². The molecule has 2 aliphatic rings. The Labute approximate surface area is 159 Å². The van der Waals surface area contributed by atoms with Crippen molar-refractivity contribution in [2.24, 2.45) is 5.73 Å². The molecule has 1 aliphatic heterocycles. The number of hydrogen-bond donors (Lipinski definition) is 2. The van der Waals surface area contributed by atoms with E-state index in [1.807, 2.05) is 0 Å². The lowest BCUT2D eigenvalue weighted by molar-refractivity contribution is -0.478. The Kier molecular flexibility index (Phi) is 5.64. The molecule has 0 amide bonds. The summed E-state index contributed by atoms with van der Waals surface area (Å²) in [4.78, 5) is 0. The lowest BCUT2D eigenvalue weighted by Gasteiger charge is -2.40. The van der Waals surface area contributed by atoms with Crippen molar-refractivity contribution < 1.29 is 44.9 Å². The fourth-order valence-corrected chi connectivity index (χ4v) is 2.75. The summed E-state index contributed by atoms with van der Waals surface area (Å²) in [6, 6.07) is 5.14. The van der Waals surface area contributed by atoms with E-state index in [0.717, 1.165) is 24.3 Å². The summed E-state index contributed by atoms with van der Waals surface area (Å²) in [5.41, 5.74) is 6.56. The van der Waals surface area contributed by atoms with Crippen LogP contribution in [0.25, 0.3) is 0 Å². The van der Waals surface area contributed by atoms with Crippen LogP contribution < -0.4 is 15.8 Å². The molecule has 5 nitrogen and oxygen atoms in total. The first-order chi connectivity index (χ1) is 13.4. The lowest BCUT2D eigenvalue weighted by Crippen LogP contribution is -2.57. The van der Waals surface area contributed by atoms with Gasteiger partial charge in [-0.25, -0.2) is 0 Å². The van der Waals surface area contributed by atoms with E-state index in [0.29, 0.717) is 5.56 Å². The minimum atomic E-state index is -4.84. The molecule has 1 heterocycles. The number of halogens is 7. The van der Waals surface area contributed by atoms with Crippen LogP contribution in [0, 0.1) is 0 Å². The summed E-state index contributed by atoms with van der Waals surface area (Å²) in [5.74, 6) is -0.416. The molecular weight excluding hydrogens is 413 g/mol. The second-order valence-corrected chi connectivity index (χ2v) is 6.28. The molecule has 1 fully saturated rings. The smallest absolute Gasteiger partial charge is 0.406 e. The molecule has 1 aromatic rings. The second-order valence-electron chi connectivity index (χ2n) is 6.28. The van der Waals surface area contributed by atoms with Gasteiger partial charge in [0.2, 0.25) is 0 Å². The minimum Gasteiger partial charge on any atom is -0.406 e. The maximum Gasteiger partial charge on any atom is 0.573 e. The van der Waals surface area contributed by atoms with Gasteiger partial charge in [-0.3, -0.25) is 5.32 Å². The van der Waals surface area contributed by atoms with Crippen LogP contribution in [0.2, 0.25) is 0 Å². The Balaban J connectivity index is 1.62. The molecule has 3 atom stereocenters. The lowest BCUT2D eigenvalue weighted by atomic mass is 9.99. The largest absolute Gasteiger partial charge is 0.573 e. The van der Waals surface area contributed by atoms with Crippen LogP contribution in [0.4, 0.5) is 30.7 Å². The average molecular weight is 428 g/mol. The van der Waals surface area contributed by atoms with Gasteiger partial charge in [0.05, 0.1) is 6.17 Å². The summed E-state index contributed by atoms with van der Waals surface area (Å²) in [6.45, 7) is 0.0150. The molecule has 29 heavy (non-hydrogen) atoms. The van der Waals surface area contributed by atoms with Gasteiger partial charge < -0.3 is 19.9 Å². The highest BCUT2D eigenvalue weighted by Crippen LogP contribution is 2.44. The summed E-state index contributed by atoms with van der Waals surface area (Å²) in [5, 5.41) is 2.78. The standard InChI is InChI=1S/C17H15F7N2O3/c18-15(19)16(20,21)29-13-7-10(4-5-12(13)28-15)14(25)26-8-9-2-1-3-11(6-9)27-17(22,23)24/h1-7,12-14,26H,8,25H2. The van der Waals surface area contributed by atoms with Crippen LogP contribution in [-0.2, 0) is 16.0 Å². The predicted octanol–water partition coefficient (Wildman–Crippen LogP) is 3.43. The van der Waals surface area contributed by atoms with Gasteiger partial charge in [-0.15, -0.1) is 13.2 Å². The van der Waals surface area contributed by atoms with Gasteiger partial charge in [0.1, 0.15) is 18.0 Å². The number of nitrogens with one attached hydrogen (secondary N) is 1. The SMILES string of the molecule is NC(NCc1cccc(OC(F)(F)F)c1)C1=CC2OC(F)(F)C(F)(F)OC2C=C1. The number of nitrogens with two attached hydrogens (primary N) is 1. The van der Waals surface area contributed by atoms with E-state index < -0.39 is 42.7 Å². The first-order valence-electron chi connectivity index (χ1n) is 8.21. The van der Waals surface area contributed by atoms with E-state index >= 15 is 0 Å². The highest BCUT2D eigenvalue weighted by molar-refractivity contribution is 5.33. The molecule has 3 N–H and O–H groups in total. The fourth-order valence-electron chi connectivity index (χ4n) is 2.75. The van der Waals surface area contributed by atoms with Crippen LogP contribution in [0.1, 0.15) is 5.56 Å². The molecule has 0 bridgehead atoms. The van der Waals surface area contributed by atoms with Crippen molar-refractivity contribution in [1.82, 2.24) is 5.32 Å². The molecular formula is C17H15F7N2O3. The highest BCUT2D eigenvalue weighted by Gasteiger charge is 2.65. The molecule has 0 aromatic heterocycles. The van der Waals surface area contributed by atoms with E-state index in [-0.39, 0.29) is 12.1 Å². The third-order valence-electron chi connectivity index (χ3n) is 4.08. The van der Waals surface area contributed by atoms with Crippen molar-refractivity contribution in [1.29, 1.82) is 0 Å². The van der Waals surface area contributed by atoms with Gasteiger partial charge in [0, 0.05) is 6.54 Å². The van der Waals surface area contributed by atoms with Gasteiger partial charge in [-0.05, 0) is 29.3 Å². The molecule has 1 aliphatic carbocycles. The Morgan fingerprint density at radius 1 is 1.10 bits per heavy atom. The maximum atomic E-state index is 13.3. The number of benzene rings is 1. The normalized spacial score (nSPS) is 26.4. The zero-order valence-corrected chi connectivity index (χ0v) is 14.4. The molecule has 0 radical (unpaired) electrons. The number of fused-ring (bicyclic) bond motifs is 1. The highest BCUT2D eigenvalue weighted by atomic mass is 19.4. The molecule has 0 spiro atoms. The van der Waals surface area contributed by atoms with Crippen molar-refractivity contribution in [3.63, 3.8) is 0 Å². The Morgan fingerprint density at radius 2 is 1.76 bits per heavy atom. The van der Waals surface area contributed by atoms with Gasteiger partial charge in [-0.2, -0.15) is 17.6 Å². The molecule has 0 saturated carbocycles. The molecule has 160 valence electrons. The van der Waals surface area contributed by atoms with E-state index in [9.17, 15) is 30.7 Å². The Bertz CT molecular complexity index is 810.